The molecule has 2 aromatic carbocycles. The molecule has 0 heterocycles. The minimum absolute atomic E-state index is 0.00543. The Morgan fingerprint density at radius 3 is 2.50 bits per heavy atom. The highest BCUT2D eigenvalue weighted by atomic mass is 16.5. The third kappa shape index (κ3) is 4.91. The molecule has 0 saturated heterocycles. The van der Waals surface area contributed by atoms with Gasteiger partial charge in [-0.2, -0.15) is 0 Å². The van der Waals surface area contributed by atoms with E-state index in [9.17, 15) is 4.79 Å². The molecule has 0 aromatic heterocycles. The number of ether oxygens (including phenoxy) is 2. The molecule has 0 radical (unpaired) electrons. The van der Waals surface area contributed by atoms with Gasteiger partial charge in [-0.15, -0.1) is 0 Å². The van der Waals surface area contributed by atoms with Crippen LogP contribution in [0, 0.1) is 6.92 Å². The van der Waals surface area contributed by atoms with Crippen LogP contribution in [0.5, 0.6) is 11.5 Å². The topological polar surface area (TPSA) is 59.6 Å². The van der Waals surface area contributed by atoms with E-state index in [1.807, 2.05) is 49.4 Å². The van der Waals surface area contributed by atoms with Crippen LogP contribution < -0.4 is 20.1 Å². The van der Waals surface area contributed by atoms with E-state index in [-0.39, 0.29) is 5.91 Å². The maximum atomic E-state index is 12.0. The third-order valence-electron chi connectivity index (χ3n) is 3.75. The van der Waals surface area contributed by atoms with Crippen LogP contribution in [0.25, 0.3) is 0 Å². The molecule has 128 valence electrons. The largest absolute Gasteiger partial charge is 0.493 e. The summed E-state index contributed by atoms with van der Waals surface area (Å²) in [5.41, 5.74) is 3.20. The van der Waals surface area contributed by atoms with Gasteiger partial charge < -0.3 is 20.1 Å². The van der Waals surface area contributed by atoms with Crippen molar-refractivity contribution in [2.45, 2.75) is 19.9 Å². The molecule has 0 atom stereocenters. The zero-order valence-corrected chi connectivity index (χ0v) is 14.4. The van der Waals surface area contributed by atoms with Crippen molar-refractivity contribution in [2.75, 3.05) is 26.1 Å². The molecule has 2 N–H and O–H groups in total. The number of hydrogen-bond acceptors (Lipinski definition) is 4. The molecule has 0 unspecified atom stereocenters. The van der Waals surface area contributed by atoms with Crippen LogP contribution in [0.1, 0.15) is 17.5 Å². The van der Waals surface area contributed by atoms with Gasteiger partial charge in [0.15, 0.2) is 11.5 Å². The predicted octanol–water partition coefficient (Wildman–Crippen LogP) is 3.13. The second kappa shape index (κ2) is 8.82. The zero-order chi connectivity index (χ0) is 17.4. The Morgan fingerprint density at radius 2 is 1.79 bits per heavy atom. The van der Waals surface area contributed by atoms with Crippen molar-refractivity contribution in [1.29, 1.82) is 0 Å². The van der Waals surface area contributed by atoms with Crippen molar-refractivity contribution in [3.05, 3.63) is 53.6 Å². The fourth-order valence-corrected chi connectivity index (χ4v) is 2.36. The summed E-state index contributed by atoms with van der Waals surface area (Å²) in [7, 11) is 3.19. The molecular weight excluding hydrogens is 304 g/mol. The zero-order valence-electron chi connectivity index (χ0n) is 14.4. The van der Waals surface area contributed by atoms with E-state index in [0.29, 0.717) is 31.0 Å². The van der Waals surface area contributed by atoms with E-state index >= 15 is 0 Å². The number of carbonyl (C=O) groups excluding carboxylic acids is 1. The summed E-state index contributed by atoms with van der Waals surface area (Å²) < 4.78 is 10.5. The van der Waals surface area contributed by atoms with Crippen molar-refractivity contribution in [3.8, 4) is 11.5 Å². The average Bonchev–Trinajstić information content (AvgIpc) is 2.61. The van der Waals surface area contributed by atoms with Crippen molar-refractivity contribution in [2.24, 2.45) is 0 Å². The van der Waals surface area contributed by atoms with Gasteiger partial charge in [-0.1, -0.05) is 24.3 Å². The third-order valence-corrected chi connectivity index (χ3v) is 3.75. The fourth-order valence-electron chi connectivity index (χ4n) is 2.36. The molecule has 5 heteroatoms. The molecule has 0 aliphatic rings. The highest BCUT2D eigenvalue weighted by Gasteiger charge is 2.06. The van der Waals surface area contributed by atoms with Crippen molar-refractivity contribution in [1.82, 2.24) is 5.32 Å². The van der Waals surface area contributed by atoms with Crippen molar-refractivity contribution >= 4 is 11.6 Å². The second-order valence-corrected chi connectivity index (χ2v) is 5.46. The SMILES string of the molecule is COc1ccc(CNC(=O)CCNc2ccccc2C)cc1OC. The Bertz CT molecular complexity index is 686. The molecule has 0 saturated carbocycles. The maximum absolute atomic E-state index is 12.0. The van der Waals surface area contributed by atoms with Crippen LogP contribution in [-0.2, 0) is 11.3 Å². The van der Waals surface area contributed by atoms with E-state index in [1.54, 1.807) is 14.2 Å². The molecule has 0 fully saturated rings. The predicted molar refractivity (Wildman–Crippen MR) is 95.7 cm³/mol. The number of benzene rings is 2. The van der Waals surface area contributed by atoms with Gasteiger partial charge in [0.1, 0.15) is 0 Å². The van der Waals surface area contributed by atoms with Gasteiger partial charge in [0.05, 0.1) is 14.2 Å². The van der Waals surface area contributed by atoms with E-state index in [1.165, 1.54) is 5.56 Å². The first-order chi connectivity index (χ1) is 11.6. The Balaban J connectivity index is 1.78. The molecule has 0 aliphatic heterocycles. The van der Waals surface area contributed by atoms with Crippen molar-refractivity contribution in [3.63, 3.8) is 0 Å². The van der Waals surface area contributed by atoms with Crippen LogP contribution in [0.15, 0.2) is 42.5 Å². The minimum atomic E-state index is 0.00543. The number of nitrogens with one attached hydrogen (secondary N) is 2. The van der Waals surface area contributed by atoms with Crippen LogP contribution in [0.4, 0.5) is 5.69 Å². The first kappa shape index (κ1) is 17.7. The molecule has 2 aromatic rings. The lowest BCUT2D eigenvalue weighted by atomic mass is 10.2. The summed E-state index contributed by atoms with van der Waals surface area (Å²) >= 11 is 0. The lowest BCUT2D eigenvalue weighted by Crippen LogP contribution is -2.25. The monoisotopic (exact) mass is 328 g/mol. The van der Waals surface area contributed by atoms with Gasteiger partial charge in [0.2, 0.25) is 5.91 Å². The molecule has 2 rings (SSSR count). The number of anilines is 1. The lowest BCUT2D eigenvalue weighted by molar-refractivity contribution is -0.121. The quantitative estimate of drug-likeness (QED) is 0.781. The van der Waals surface area contributed by atoms with Gasteiger partial charge in [-0.05, 0) is 36.2 Å². The standard InChI is InChI=1S/C19H24N2O3/c1-14-6-4-5-7-16(14)20-11-10-19(22)21-13-15-8-9-17(23-2)18(12-15)24-3/h4-9,12,20H,10-11,13H2,1-3H3,(H,21,22). The molecule has 5 nitrogen and oxygen atoms in total. The van der Waals surface area contributed by atoms with Crippen molar-refractivity contribution < 1.29 is 14.3 Å². The lowest BCUT2D eigenvalue weighted by Gasteiger charge is -2.11. The van der Waals surface area contributed by atoms with E-state index in [0.717, 1.165) is 11.3 Å². The number of methoxy groups -OCH3 is 2. The molecule has 1 amide bonds. The first-order valence-electron chi connectivity index (χ1n) is 7.91. The first-order valence-corrected chi connectivity index (χ1v) is 7.91. The van der Waals surface area contributed by atoms with Crippen LogP contribution in [0.2, 0.25) is 0 Å². The van der Waals surface area contributed by atoms with Crippen LogP contribution in [0.3, 0.4) is 0 Å². The highest BCUT2D eigenvalue weighted by Crippen LogP contribution is 2.27. The normalized spacial score (nSPS) is 10.1. The summed E-state index contributed by atoms with van der Waals surface area (Å²) in [6, 6.07) is 13.6. The Morgan fingerprint density at radius 1 is 1.04 bits per heavy atom. The van der Waals surface area contributed by atoms with Gasteiger partial charge in [0.25, 0.3) is 0 Å². The number of carbonyl (C=O) groups is 1. The number of rotatable bonds is 8. The average molecular weight is 328 g/mol. The van der Waals surface area contributed by atoms with Gasteiger partial charge >= 0.3 is 0 Å². The molecular formula is C19H24N2O3. The summed E-state index contributed by atoms with van der Waals surface area (Å²) in [6.07, 6.45) is 0.418. The summed E-state index contributed by atoms with van der Waals surface area (Å²) in [5.74, 6) is 1.34. The highest BCUT2D eigenvalue weighted by molar-refractivity contribution is 5.76. The van der Waals surface area contributed by atoms with Crippen LogP contribution >= 0.6 is 0 Å². The number of aryl methyl sites for hydroxylation is 1. The van der Waals surface area contributed by atoms with Crippen LogP contribution in [-0.4, -0.2) is 26.7 Å². The van der Waals surface area contributed by atoms with Gasteiger partial charge in [0, 0.05) is 25.2 Å². The maximum Gasteiger partial charge on any atom is 0.222 e. The number of hydrogen-bond donors (Lipinski definition) is 2. The minimum Gasteiger partial charge on any atom is -0.493 e. The summed E-state index contributed by atoms with van der Waals surface area (Å²) in [4.78, 5) is 12.0. The second-order valence-electron chi connectivity index (χ2n) is 5.46. The molecule has 0 spiro atoms. The summed E-state index contributed by atoms with van der Waals surface area (Å²) in [5, 5.41) is 6.19. The smallest absolute Gasteiger partial charge is 0.222 e. The van der Waals surface area contributed by atoms with E-state index in [4.69, 9.17) is 9.47 Å². The number of para-hydroxylation sites is 1. The Hall–Kier alpha value is -2.69. The molecule has 24 heavy (non-hydrogen) atoms. The number of amides is 1. The Labute approximate surface area is 143 Å². The van der Waals surface area contributed by atoms with Gasteiger partial charge in [-0.25, -0.2) is 0 Å². The molecule has 0 aliphatic carbocycles. The Kier molecular flexibility index (Phi) is 6.49. The summed E-state index contributed by atoms with van der Waals surface area (Å²) in [6.45, 7) is 3.10. The van der Waals surface area contributed by atoms with E-state index < -0.39 is 0 Å². The van der Waals surface area contributed by atoms with Gasteiger partial charge in [-0.3, -0.25) is 4.79 Å². The fraction of sp³-hybridized carbons (Fsp3) is 0.316. The van der Waals surface area contributed by atoms with E-state index in [2.05, 4.69) is 10.6 Å². The molecule has 0 bridgehead atoms.